The number of hydrogen-bond donors (Lipinski definition) is 7. The number of aliphatic hydroxyl groups is 7. The number of aliphatic hydroxyl groups excluding tert-OH is 7. The van der Waals surface area contributed by atoms with Crippen molar-refractivity contribution in [3.05, 3.63) is 0 Å². The maximum absolute atomic E-state index is 7.00. The lowest BCUT2D eigenvalue weighted by Gasteiger charge is -2.04. The molecule has 0 saturated heterocycles. The summed E-state index contributed by atoms with van der Waals surface area (Å²) in [6.45, 7) is 0. The van der Waals surface area contributed by atoms with Gasteiger partial charge in [0.1, 0.15) is 0 Å². The van der Waals surface area contributed by atoms with E-state index in [2.05, 4.69) is 0 Å². The second kappa shape index (κ2) is 84.5. The Kier molecular flexibility index (Phi) is 113. The van der Waals surface area contributed by atoms with Crippen LogP contribution >= 0.6 is 0 Å². The molecule has 0 aromatic rings. The standard InChI is InChI=1S/C31H62.7CH4O/c1-2-4-6-8-10-12-14-16-18-20-22-24-26-28-30-31-29-27-25-23-21-19-17-15-13-11-9-7-5-3-1;7*1-2/h1-31H2;7*2H,1H3. The molecule has 45 heavy (non-hydrogen) atoms. The van der Waals surface area contributed by atoms with Crippen molar-refractivity contribution < 1.29 is 35.7 Å². The van der Waals surface area contributed by atoms with Gasteiger partial charge >= 0.3 is 0 Å². The Hall–Kier alpha value is -0.280. The summed E-state index contributed by atoms with van der Waals surface area (Å²) in [6.07, 6.45) is 46.5. The van der Waals surface area contributed by atoms with Crippen molar-refractivity contribution in [1.29, 1.82) is 0 Å². The molecule has 0 aromatic carbocycles. The highest BCUT2D eigenvalue weighted by atomic mass is 16.2. The molecular formula is C38H90O7. The molecule has 0 unspecified atom stereocenters. The molecule has 7 heteroatoms. The first-order valence-electron chi connectivity index (χ1n) is 18.6. The van der Waals surface area contributed by atoms with Gasteiger partial charge in [0.15, 0.2) is 0 Å². The topological polar surface area (TPSA) is 142 Å². The maximum Gasteiger partial charge on any atom is 0.0319 e. The second-order valence-electron chi connectivity index (χ2n) is 11.0. The summed E-state index contributed by atoms with van der Waals surface area (Å²) in [7, 11) is 7.00. The summed E-state index contributed by atoms with van der Waals surface area (Å²) in [5, 5.41) is 49.0. The van der Waals surface area contributed by atoms with Crippen LogP contribution in [0.2, 0.25) is 0 Å². The van der Waals surface area contributed by atoms with E-state index in [9.17, 15) is 0 Å². The van der Waals surface area contributed by atoms with Crippen LogP contribution in [0.1, 0.15) is 199 Å². The summed E-state index contributed by atoms with van der Waals surface area (Å²) in [6, 6.07) is 0. The Morgan fingerprint density at radius 2 is 0.133 bits per heavy atom. The summed E-state index contributed by atoms with van der Waals surface area (Å²) >= 11 is 0. The highest BCUT2D eigenvalue weighted by molar-refractivity contribution is 4.53. The van der Waals surface area contributed by atoms with Gasteiger partial charge in [-0.3, -0.25) is 0 Å². The Morgan fingerprint density at radius 3 is 0.156 bits per heavy atom. The van der Waals surface area contributed by atoms with E-state index in [1.54, 1.807) is 0 Å². The van der Waals surface area contributed by atoms with Crippen LogP contribution in [0, 0.1) is 0 Å². The van der Waals surface area contributed by atoms with Crippen LogP contribution < -0.4 is 0 Å². The van der Waals surface area contributed by atoms with Gasteiger partial charge in [-0.05, 0) is 0 Å². The van der Waals surface area contributed by atoms with E-state index >= 15 is 0 Å². The Morgan fingerprint density at radius 1 is 0.111 bits per heavy atom. The van der Waals surface area contributed by atoms with Gasteiger partial charge in [0.2, 0.25) is 0 Å². The molecule has 0 atom stereocenters. The summed E-state index contributed by atoms with van der Waals surface area (Å²) < 4.78 is 0. The molecule has 0 heterocycles. The highest BCUT2D eigenvalue weighted by Crippen LogP contribution is 2.17. The van der Waals surface area contributed by atoms with Crippen LogP contribution in [0.15, 0.2) is 0 Å². The molecule has 0 spiro atoms. The third-order valence-corrected chi connectivity index (χ3v) is 7.75. The van der Waals surface area contributed by atoms with Crippen LogP contribution in [-0.4, -0.2) is 85.5 Å². The fourth-order valence-electron chi connectivity index (χ4n) is 5.48. The monoisotopic (exact) mass is 659 g/mol. The fourth-order valence-corrected chi connectivity index (χ4v) is 5.48. The van der Waals surface area contributed by atoms with Crippen molar-refractivity contribution in [2.75, 3.05) is 49.8 Å². The van der Waals surface area contributed by atoms with Gasteiger partial charge in [-0.15, -0.1) is 0 Å². The average Bonchev–Trinajstić information content (AvgIpc) is 3.14. The summed E-state index contributed by atoms with van der Waals surface area (Å²) in [5.74, 6) is 0. The van der Waals surface area contributed by atoms with Gasteiger partial charge < -0.3 is 35.7 Å². The molecule has 1 aliphatic carbocycles. The van der Waals surface area contributed by atoms with E-state index in [0.29, 0.717) is 0 Å². The fraction of sp³-hybridized carbons (Fsp3) is 1.00. The van der Waals surface area contributed by atoms with Crippen LogP contribution in [0.5, 0.6) is 0 Å². The minimum absolute atomic E-state index is 1.00. The SMILES string of the molecule is C1CCCCCCCCCCCCCCCCCCCCCCCCCCCCCC1.CO.CO.CO.CO.CO.CO.CO. The second-order valence-corrected chi connectivity index (χ2v) is 11.0. The first-order valence-corrected chi connectivity index (χ1v) is 18.6. The van der Waals surface area contributed by atoms with Gasteiger partial charge in [0.25, 0.3) is 0 Å². The quantitative estimate of drug-likeness (QED) is 0.137. The van der Waals surface area contributed by atoms with E-state index < -0.39 is 0 Å². The lowest BCUT2D eigenvalue weighted by molar-refractivity contribution is 0.399. The van der Waals surface area contributed by atoms with E-state index in [1.165, 1.54) is 199 Å². The van der Waals surface area contributed by atoms with Crippen LogP contribution in [-0.2, 0) is 0 Å². The van der Waals surface area contributed by atoms with Crippen molar-refractivity contribution in [1.82, 2.24) is 0 Å². The molecule has 0 aromatic heterocycles. The van der Waals surface area contributed by atoms with Gasteiger partial charge in [-0.1, -0.05) is 199 Å². The van der Waals surface area contributed by atoms with Crippen LogP contribution in [0.4, 0.5) is 0 Å². The van der Waals surface area contributed by atoms with Gasteiger partial charge in [-0.25, -0.2) is 0 Å². The molecular weight excluding hydrogens is 568 g/mol. The highest BCUT2D eigenvalue weighted by Gasteiger charge is 1.98. The van der Waals surface area contributed by atoms with Crippen LogP contribution in [0.3, 0.4) is 0 Å². The van der Waals surface area contributed by atoms with E-state index in [-0.39, 0.29) is 0 Å². The zero-order valence-corrected chi connectivity index (χ0v) is 32.1. The van der Waals surface area contributed by atoms with Crippen molar-refractivity contribution in [2.45, 2.75) is 199 Å². The summed E-state index contributed by atoms with van der Waals surface area (Å²) in [5.41, 5.74) is 0. The molecule has 7 N–H and O–H groups in total. The normalized spacial score (nSPS) is 17.5. The van der Waals surface area contributed by atoms with E-state index in [0.717, 1.165) is 49.8 Å². The molecule has 1 aliphatic rings. The minimum Gasteiger partial charge on any atom is -0.400 e. The van der Waals surface area contributed by atoms with Crippen molar-refractivity contribution in [3.8, 4) is 0 Å². The van der Waals surface area contributed by atoms with E-state index in [4.69, 9.17) is 35.7 Å². The van der Waals surface area contributed by atoms with Gasteiger partial charge in [0.05, 0.1) is 0 Å². The Bertz CT molecular complexity index is 182. The third kappa shape index (κ3) is 80.6. The molecule has 0 amide bonds. The molecule has 1 saturated carbocycles. The van der Waals surface area contributed by atoms with Crippen LogP contribution in [0.25, 0.3) is 0 Å². The lowest BCUT2D eigenvalue weighted by Crippen LogP contribution is -1.84. The average molecular weight is 659 g/mol. The molecule has 1 fully saturated rings. The van der Waals surface area contributed by atoms with Gasteiger partial charge in [0, 0.05) is 49.8 Å². The smallest absolute Gasteiger partial charge is 0.0319 e. The summed E-state index contributed by atoms with van der Waals surface area (Å²) in [4.78, 5) is 0. The molecule has 284 valence electrons. The molecule has 0 aliphatic heterocycles. The van der Waals surface area contributed by atoms with Gasteiger partial charge in [-0.2, -0.15) is 0 Å². The zero-order valence-electron chi connectivity index (χ0n) is 32.1. The minimum atomic E-state index is 1.00. The predicted octanol–water partition coefficient (Wildman–Crippen LogP) is 9.35. The molecule has 7 nitrogen and oxygen atoms in total. The molecule has 1 rings (SSSR count). The maximum atomic E-state index is 7.00. The molecule has 0 bridgehead atoms. The zero-order chi connectivity index (χ0) is 35.9. The first kappa shape index (κ1) is 60.1. The van der Waals surface area contributed by atoms with Crippen molar-refractivity contribution in [3.63, 3.8) is 0 Å². The molecule has 0 radical (unpaired) electrons. The first-order chi connectivity index (χ1) is 22.5. The van der Waals surface area contributed by atoms with Crippen molar-refractivity contribution >= 4 is 0 Å². The lowest BCUT2D eigenvalue weighted by atomic mass is 10.0. The Balaban J connectivity index is -0.000000181. The number of hydrogen-bond acceptors (Lipinski definition) is 7. The van der Waals surface area contributed by atoms with E-state index in [1.807, 2.05) is 0 Å². The largest absolute Gasteiger partial charge is 0.400 e. The third-order valence-electron chi connectivity index (χ3n) is 7.75. The Labute approximate surface area is 284 Å². The number of rotatable bonds is 0. The predicted molar refractivity (Wildman–Crippen MR) is 200 cm³/mol. The van der Waals surface area contributed by atoms with Crippen molar-refractivity contribution in [2.24, 2.45) is 0 Å².